The molecule has 0 bridgehead atoms. The monoisotopic (exact) mass is 390 g/mol. The van der Waals surface area contributed by atoms with Gasteiger partial charge in [-0.05, 0) is 71.9 Å². The van der Waals surface area contributed by atoms with Gasteiger partial charge in [0.25, 0.3) is 0 Å². The van der Waals surface area contributed by atoms with E-state index in [4.69, 9.17) is 18.9 Å². The molecule has 5 rings (SSSR count). The molecule has 2 fully saturated rings. The Morgan fingerprint density at radius 1 is 0.793 bits per heavy atom. The van der Waals surface area contributed by atoms with Crippen molar-refractivity contribution in [1.29, 1.82) is 0 Å². The number of epoxide rings is 2. The third-order valence-electron chi connectivity index (χ3n) is 5.58. The van der Waals surface area contributed by atoms with Crippen LogP contribution in [0.25, 0.3) is 11.1 Å². The second-order valence-electron chi connectivity index (χ2n) is 7.90. The van der Waals surface area contributed by atoms with Crippen molar-refractivity contribution in [3.05, 3.63) is 71.3 Å². The van der Waals surface area contributed by atoms with Crippen molar-refractivity contribution in [1.82, 2.24) is 0 Å². The predicted molar refractivity (Wildman–Crippen MR) is 113 cm³/mol. The summed E-state index contributed by atoms with van der Waals surface area (Å²) in [6.07, 6.45) is 7.16. The summed E-state index contributed by atoms with van der Waals surface area (Å²) in [6, 6.07) is 14.8. The summed E-state index contributed by atoms with van der Waals surface area (Å²) in [7, 11) is 0. The molecule has 4 heteroatoms. The van der Waals surface area contributed by atoms with Gasteiger partial charge in [0.05, 0.1) is 13.2 Å². The van der Waals surface area contributed by atoms with Crippen LogP contribution >= 0.6 is 0 Å². The summed E-state index contributed by atoms with van der Waals surface area (Å²) in [5, 5.41) is 0. The summed E-state index contributed by atoms with van der Waals surface area (Å²) >= 11 is 0. The smallest absolute Gasteiger partial charge is 0.119 e. The Morgan fingerprint density at radius 3 is 1.97 bits per heavy atom. The zero-order chi connectivity index (χ0) is 19.6. The van der Waals surface area contributed by atoms with E-state index in [0.29, 0.717) is 13.2 Å². The maximum Gasteiger partial charge on any atom is 0.119 e. The first-order valence-corrected chi connectivity index (χ1v) is 10.3. The Morgan fingerprint density at radius 2 is 1.38 bits per heavy atom. The molecule has 0 spiro atoms. The largest absolute Gasteiger partial charge is 0.491 e. The number of aryl methyl sites for hydroxylation is 1. The Bertz CT molecular complexity index is 934. The van der Waals surface area contributed by atoms with E-state index < -0.39 is 0 Å². The minimum atomic E-state index is 0.285. The highest BCUT2D eigenvalue weighted by Gasteiger charge is 2.23. The first kappa shape index (κ1) is 18.5. The van der Waals surface area contributed by atoms with Crippen LogP contribution in [0.1, 0.15) is 29.5 Å². The van der Waals surface area contributed by atoms with Gasteiger partial charge in [0, 0.05) is 0 Å². The number of allylic oxidation sites excluding steroid dienone is 4. The van der Waals surface area contributed by atoms with Gasteiger partial charge in [-0.25, -0.2) is 0 Å². The molecule has 0 N–H and O–H groups in total. The normalized spacial score (nSPS) is 22.5. The molecule has 2 aliphatic heterocycles. The first-order valence-electron chi connectivity index (χ1n) is 10.3. The lowest BCUT2D eigenvalue weighted by Crippen LogP contribution is -2.04. The molecule has 0 radical (unpaired) electrons. The van der Waals surface area contributed by atoms with Crippen molar-refractivity contribution >= 4 is 11.1 Å². The average Bonchev–Trinajstić information content (AvgIpc) is 3.67. The molecule has 2 atom stereocenters. The fourth-order valence-corrected chi connectivity index (χ4v) is 3.65. The van der Waals surface area contributed by atoms with Gasteiger partial charge in [0.2, 0.25) is 0 Å². The highest BCUT2D eigenvalue weighted by atomic mass is 16.6. The molecule has 1 aliphatic carbocycles. The van der Waals surface area contributed by atoms with E-state index in [1.54, 1.807) is 0 Å². The number of rotatable bonds is 8. The van der Waals surface area contributed by atoms with Gasteiger partial charge in [-0.2, -0.15) is 0 Å². The molecule has 4 nitrogen and oxygen atoms in total. The van der Waals surface area contributed by atoms with Crippen LogP contribution in [0, 0.1) is 6.92 Å². The zero-order valence-corrected chi connectivity index (χ0v) is 16.7. The minimum absolute atomic E-state index is 0.285. The molecule has 2 saturated heterocycles. The number of hydrogen-bond acceptors (Lipinski definition) is 4. The minimum Gasteiger partial charge on any atom is -0.491 e. The molecule has 0 saturated carbocycles. The Labute approximate surface area is 171 Å². The Kier molecular flexibility index (Phi) is 5.13. The molecule has 2 aromatic rings. The maximum atomic E-state index is 5.80. The lowest BCUT2D eigenvalue weighted by molar-refractivity contribution is 0.263. The highest BCUT2D eigenvalue weighted by Crippen LogP contribution is 2.34. The van der Waals surface area contributed by atoms with Gasteiger partial charge >= 0.3 is 0 Å². The summed E-state index contributed by atoms with van der Waals surface area (Å²) in [4.78, 5) is 0. The van der Waals surface area contributed by atoms with Crippen molar-refractivity contribution < 1.29 is 18.9 Å². The number of benzene rings is 2. The van der Waals surface area contributed by atoms with Crippen LogP contribution < -0.4 is 9.47 Å². The van der Waals surface area contributed by atoms with Crippen LogP contribution in [0.2, 0.25) is 0 Å². The first-order chi connectivity index (χ1) is 14.2. The maximum absolute atomic E-state index is 5.80. The number of hydrogen-bond donors (Lipinski definition) is 0. The molecule has 2 heterocycles. The van der Waals surface area contributed by atoms with Crippen LogP contribution in [-0.2, 0) is 9.47 Å². The lowest BCUT2D eigenvalue weighted by Gasteiger charge is -2.17. The topological polar surface area (TPSA) is 43.5 Å². The molecular weight excluding hydrogens is 364 g/mol. The second-order valence-corrected chi connectivity index (χ2v) is 7.90. The van der Waals surface area contributed by atoms with E-state index in [9.17, 15) is 0 Å². The molecule has 150 valence electrons. The summed E-state index contributed by atoms with van der Waals surface area (Å²) in [6.45, 7) is 5.09. The van der Waals surface area contributed by atoms with E-state index in [1.165, 1.54) is 27.8 Å². The molecule has 0 aromatic heterocycles. The van der Waals surface area contributed by atoms with E-state index in [0.717, 1.165) is 37.6 Å². The lowest BCUT2D eigenvalue weighted by atomic mass is 9.89. The molecular formula is C25H26O4. The average molecular weight is 390 g/mol. The molecule has 3 aliphatic rings. The number of ether oxygens (including phenoxy) is 4. The van der Waals surface area contributed by atoms with Crippen molar-refractivity contribution in [3.63, 3.8) is 0 Å². The second kappa shape index (κ2) is 8.05. The zero-order valence-electron chi connectivity index (χ0n) is 16.7. The van der Waals surface area contributed by atoms with Crippen LogP contribution in [0.4, 0.5) is 0 Å². The Hall–Kier alpha value is -2.56. The summed E-state index contributed by atoms with van der Waals surface area (Å²) in [5.41, 5.74) is 6.57. The third kappa shape index (κ3) is 4.72. The van der Waals surface area contributed by atoms with Crippen LogP contribution in [0.5, 0.6) is 11.5 Å². The standard InChI is InChI=1S/C25H26O4/c1-17-12-22(27-14-24-16-29-24)10-11-25(17)20-4-2-18(3-5-20)19-6-8-21(9-7-19)26-13-23-15-28-23/h2,5-12,23-24H,3-4,13-16H2,1H3. The third-order valence-corrected chi connectivity index (χ3v) is 5.58. The van der Waals surface area contributed by atoms with E-state index >= 15 is 0 Å². The predicted octanol–water partition coefficient (Wildman–Crippen LogP) is 4.81. The van der Waals surface area contributed by atoms with Crippen LogP contribution in [-0.4, -0.2) is 38.6 Å². The van der Waals surface area contributed by atoms with Gasteiger partial charge in [-0.3, -0.25) is 0 Å². The summed E-state index contributed by atoms with van der Waals surface area (Å²) < 4.78 is 21.9. The molecule has 0 amide bonds. The molecule has 2 unspecified atom stereocenters. The molecule has 29 heavy (non-hydrogen) atoms. The van der Waals surface area contributed by atoms with Gasteiger partial charge in [-0.15, -0.1) is 0 Å². The van der Waals surface area contributed by atoms with Crippen molar-refractivity contribution in [2.75, 3.05) is 26.4 Å². The van der Waals surface area contributed by atoms with Gasteiger partial charge in [0.15, 0.2) is 0 Å². The van der Waals surface area contributed by atoms with E-state index in [1.807, 2.05) is 12.1 Å². The van der Waals surface area contributed by atoms with Crippen molar-refractivity contribution in [2.24, 2.45) is 0 Å². The fraction of sp³-hybridized carbons (Fsp3) is 0.360. The summed E-state index contributed by atoms with van der Waals surface area (Å²) in [5.74, 6) is 1.83. The van der Waals surface area contributed by atoms with Crippen LogP contribution in [0.3, 0.4) is 0 Å². The van der Waals surface area contributed by atoms with E-state index in [2.05, 4.69) is 49.4 Å². The van der Waals surface area contributed by atoms with Gasteiger partial charge < -0.3 is 18.9 Å². The quantitative estimate of drug-likeness (QED) is 0.607. The molecule has 2 aromatic carbocycles. The fourth-order valence-electron chi connectivity index (χ4n) is 3.65. The van der Waals surface area contributed by atoms with Crippen molar-refractivity contribution in [2.45, 2.75) is 32.0 Å². The van der Waals surface area contributed by atoms with Crippen LogP contribution in [0.15, 0.2) is 54.6 Å². The van der Waals surface area contributed by atoms with Gasteiger partial charge in [-0.1, -0.05) is 30.4 Å². The highest BCUT2D eigenvalue weighted by molar-refractivity contribution is 5.79. The SMILES string of the molecule is Cc1cc(OCC2CO2)ccc1C1=CCC(c2ccc(OCC3CO3)cc2)=CC1. The van der Waals surface area contributed by atoms with E-state index in [-0.39, 0.29) is 12.2 Å². The Balaban J connectivity index is 1.20. The van der Waals surface area contributed by atoms with Gasteiger partial charge in [0.1, 0.15) is 36.9 Å². The van der Waals surface area contributed by atoms with Crippen molar-refractivity contribution in [3.8, 4) is 11.5 Å².